The minimum Gasteiger partial charge on any atom is -0.337 e. The number of carbonyl (C=O) groups excluding carboxylic acids is 1. The average Bonchev–Trinajstić information content (AvgIpc) is 2.49. The van der Waals surface area contributed by atoms with Gasteiger partial charge in [-0.1, -0.05) is 11.6 Å². The molecule has 0 unspecified atom stereocenters. The van der Waals surface area contributed by atoms with E-state index in [1.807, 2.05) is 0 Å². The fraction of sp³-hybridized carbons (Fsp3) is 0.100. The van der Waals surface area contributed by atoms with Crippen molar-refractivity contribution in [1.82, 2.24) is 4.73 Å². The van der Waals surface area contributed by atoms with Gasteiger partial charge in [-0.05, 0) is 18.2 Å². The van der Waals surface area contributed by atoms with Gasteiger partial charge in [0.2, 0.25) is 0 Å². The molecular formula is C10H7ClFNO2. The van der Waals surface area contributed by atoms with E-state index in [4.69, 9.17) is 16.4 Å². The molecule has 0 amide bonds. The molecule has 0 saturated heterocycles. The van der Waals surface area contributed by atoms with Crippen molar-refractivity contribution in [3.63, 3.8) is 0 Å². The van der Waals surface area contributed by atoms with Crippen LogP contribution in [0.2, 0.25) is 5.02 Å². The molecule has 2 aromatic rings. The molecule has 3 nitrogen and oxygen atoms in total. The van der Waals surface area contributed by atoms with Gasteiger partial charge in [0, 0.05) is 18.5 Å². The largest absolute Gasteiger partial charge is 0.337 e. The van der Waals surface area contributed by atoms with Gasteiger partial charge >= 0.3 is 5.97 Å². The van der Waals surface area contributed by atoms with Crippen LogP contribution in [0.4, 0.5) is 4.39 Å². The molecule has 5 heteroatoms. The highest BCUT2D eigenvalue weighted by molar-refractivity contribution is 6.31. The Morgan fingerprint density at radius 1 is 1.53 bits per heavy atom. The van der Waals surface area contributed by atoms with E-state index in [1.54, 1.807) is 6.07 Å². The van der Waals surface area contributed by atoms with E-state index in [-0.39, 0.29) is 5.02 Å². The van der Waals surface area contributed by atoms with Crippen LogP contribution >= 0.6 is 11.6 Å². The zero-order chi connectivity index (χ0) is 11.0. The number of hydrogen-bond acceptors (Lipinski definition) is 2. The summed E-state index contributed by atoms with van der Waals surface area (Å²) < 4.78 is 14.3. The molecule has 0 saturated carbocycles. The third kappa shape index (κ3) is 1.80. The van der Waals surface area contributed by atoms with Crippen molar-refractivity contribution in [2.75, 3.05) is 0 Å². The molecule has 0 fully saturated rings. The first kappa shape index (κ1) is 9.98. The Morgan fingerprint density at radius 2 is 2.27 bits per heavy atom. The first-order chi connectivity index (χ1) is 7.08. The van der Waals surface area contributed by atoms with E-state index in [2.05, 4.69) is 0 Å². The lowest BCUT2D eigenvalue weighted by molar-refractivity contribution is -0.140. The van der Waals surface area contributed by atoms with Crippen LogP contribution in [0.3, 0.4) is 0 Å². The first-order valence-corrected chi connectivity index (χ1v) is 4.61. The molecule has 0 bridgehead atoms. The summed E-state index contributed by atoms with van der Waals surface area (Å²) in [5, 5.41) is 0.618. The summed E-state index contributed by atoms with van der Waals surface area (Å²) in [6, 6.07) is 4.34. The highest BCUT2D eigenvalue weighted by Gasteiger charge is 2.08. The van der Waals surface area contributed by atoms with Gasteiger partial charge in [-0.3, -0.25) is 0 Å². The molecule has 0 atom stereocenters. The second-order valence-electron chi connectivity index (χ2n) is 3.05. The maximum absolute atomic E-state index is 13.1. The summed E-state index contributed by atoms with van der Waals surface area (Å²) in [4.78, 5) is 15.6. The second kappa shape index (κ2) is 3.55. The summed E-state index contributed by atoms with van der Waals surface area (Å²) in [5.41, 5.74) is 0.552. The van der Waals surface area contributed by atoms with Crippen LogP contribution in [0, 0.1) is 5.82 Å². The van der Waals surface area contributed by atoms with E-state index >= 15 is 0 Å². The zero-order valence-electron chi connectivity index (χ0n) is 7.83. The Balaban J connectivity index is 2.59. The van der Waals surface area contributed by atoms with Gasteiger partial charge in [0.05, 0.1) is 10.5 Å². The lowest BCUT2D eigenvalue weighted by Gasteiger charge is -2.03. The molecule has 78 valence electrons. The molecule has 0 N–H and O–H groups in total. The number of carbonyl (C=O) groups is 1. The quantitative estimate of drug-likeness (QED) is 0.749. The van der Waals surface area contributed by atoms with Crippen molar-refractivity contribution in [3.8, 4) is 0 Å². The lowest BCUT2D eigenvalue weighted by atomic mass is 10.2. The van der Waals surface area contributed by atoms with Crippen molar-refractivity contribution >= 4 is 28.5 Å². The van der Waals surface area contributed by atoms with Gasteiger partial charge in [0.25, 0.3) is 0 Å². The predicted molar refractivity (Wildman–Crippen MR) is 54.2 cm³/mol. The van der Waals surface area contributed by atoms with Gasteiger partial charge in [-0.15, -0.1) is 0 Å². The molecule has 1 heterocycles. The maximum atomic E-state index is 13.1. The monoisotopic (exact) mass is 227 g/mol. The second-order valence-corrected chi connectivity index (χ2v) is 3.46. The Kier molecular flexibility index (Phi) is 2.36. The van der Waals surface area contributed by atoms with E-state index in [0.717, 1.165) is 0 Å². The van der Waals surface area contributed by atoms with Crippen LogP contribution in [0.25, 0.3) is 10.9 Å². The van der Waals surface area contributed by atoms with Crippen LogP contribution in [-0.2, 0) is 4.79 Å². The van der Waals surface area contributed by atoms with Gasteiger partial charge in [-0.2, -0.15) is 4.73 Å². The predicted octanol–water partition coefficient (Wildman–Crippen LogP) is 2.41. The van der Waals surface area contributed by atoms with Crippen molar-refractivity contribution in [3.05, 3.63) is 35.2 Å². The van der Waals surface area contributed by atoms with E-state index in [1.165, 1.54) is 30.0 Å². The molecule has 0 aliphatic rings. The minimum absolute atomic E-state index is 0.00500. The standard InChI is InChI=1S/C10H7ClFNO2/c1-6(14)15-13-3-2-7-4-9(12)8(11)5-10(7)13/h2-5H,1H3. The van der Waals surface area contributed by atoms with Gasteiger partial charge < -0.3 is 4.84 Å². The summed E-state index contributed by atoms with van der Waals surface area (Å²) in [7, 11) is 0. The smallest absolute Gasteiger partial charge is 0.329 e. The van der Waals surface area contributed by atoms with Gasteiger partial charge in [0.15, 0.2) is 0 Å². The van der Waals surface area contributed by atoms with Crippen LogP contribution in [0.1, 0.15) is 6.92 Å². The molecule has 0 radical (unpaired) electrons. The van der Waals surface area contributed by atoms with Crippen LogP contribution in [0.15, 0.2) is 24.4 Å². The molecule has 0 aliphatic carbocycles. The fourth-order valence-electron chi connectivity index (χ4n) is 1.32. The average molecular weight is 228 g/mol. The number of hydrogen-bond donors (Lipinski definition) is 0. The number of aromatic nitrogens is 1. The molecule has 2 rings (SSSR count). The van der Waals surface area contributed by atoms with Gasteiger partial charge in [0.1, 0.15) is 5.82 Å². The summed E-state index contributed by atoms with van der Waals surface area (Å²) in [5.74, 6) is -0.947. The van der Waals surface area contributed by atoms with Gasteiger partial charge in [-0.25, -0.2) is 9.18 Å². The van der Waals surface area contributed by atoms with Crippen molar-refractivity contribution in [2.45, 2.75) is 6.92 Å². The third-order valence-corrected chi connectivity index (χ3v) is 2.21. The Bertz CT molecular complexity index is 535. The molecule has 0 spiro atoms. The summed E-state index contributed by atoms with van der Waals surface area (Å²) in [6.45, 7) is 1.29. The van der Waals surface area contributed by atoms with Crippen LogP contribution < -0.4 is 4.84 Å². The Labute approximate surface area is 90.0 Å². The maximum Gasteiger partial charge on any atom is 0.329 e. The number of fused-ring (bicyclic) bond motifs is 1. The van der Waals surface area contributed by atoms with E-state index in [0.29, 0.717) is 10.9 Å². The molecular weight excluding hydrogens is 221 g/mol. The van der Waals surface area contributed by atoms with Crippen LogP contribution in [0.5, 0.6) is 0 Å². The topological polar surface area (TPSA) is 31.2 Å². The molecule has 1 aromatic carbocycles. The van der Waals surface area contributed by atoms with E-state index < -0.39 is 11.8 Å². The molecule has 1 aromatic heterocycles. The Morgan fingerprint density at radius 3 is 2.93 bits per heavy atom. The van der Waals surface area contributed by atoms with Crippen molar-refractivity contribution in [1.29, 1.82) is 0 Å². The van der Waals surface area contributed by atoms with Crippen molar-refractivity contribution < 1.29 is 14.0 Å². The first-order valence-electron chi connectivity index (χ1n) is 4.23. The number of rotatable bonds is 1. The normalized spacial score (nSPS) is 10.6. The van der Waals surface area contributed by atoms with Crippen molar-refractivity contribution in [2.24, 2.45) is 0 Å². The zero-order valence-corrected chi connectivity index (χ0v) is 8.58. The highest BCUT2D eigenvalue weighted by atomic mass is 35.5. The number of halogens is 2. The number of nitrogens with zero attached hydrogens (tertiary/aromatic N) is 1. The summed E-state index contributed by atoms with van der Waals surface area (Å²) >= 11 is 5.62. The SMILES string of the molecule is CC(=O)On1ccc2cc(F)c(Cl)cc21. The minimum atomic E-state index is -0.496. The highest BCUT2D eigenvalue weighted by Crippen LogP contribution is 2.23. The molecule has 15 heavy (non-hydrogen) atoms. The van der Waals surface area contributed by atoms with E-state index in [9.17, 15) is 9.18 Å². The van der Waals surface area contributed by atoms with Crippen LogP contribution in [-0.4, -0.2) is 10.7 Å². The Hall–Kier alpha value is -1.55. The fourth-order valence-corrected chi connectivity index (χ4v) is 1.48. The summed E-state index contributed by atoms with van der Waals surface area (Å²) in [6.07, 6.45) is 1.53. The lowest BCUT2D eigenvalue weighted by Crippen LogP contribution is -2.14. The number of benzene rings is 1. The third-order valence-electron chi connectivity index (χ3n) is 1.92. The molecule has 0 aliphatic heterocycles.